The van der Waals surface area contributed by atoms with E-state index in [4.69, 9.17) is 0 Å². The average molecular weight is 271 g/mol. The van der Waals surface area contributed by atoms with Gasteiger partial charge in [0.15, 0.2) is 0 Å². The molecule has 1 fully saturated rings. The average Bonchev–Trinajstić information content (AvgIpc) is 3.17. The molecule has 1 N–H and O–H groups in total. The molecule has 2 aromatic rings. The Morgan fingerprint density at radius 3 is 3.00 bits per heavy atom. The molecule has 0 radical (unpaired) electrons. The van der Waals surface area contributed by atoms with Crippen LogP contribution in [0, 0.1) is 5.92 Å². The Hall–Kier alpha value is -2.24. The molecule has 0 unspecified atom stereocenters. The quantitative estimate of drug-likeness (QED) is 0.914. The number of nitrogens with zero attached hydrogens (tertiary/aromatic N) is 4. The molecule has 6 heteroatoms. The van der Waals surface area contributed by atoms with Crippen LogP contribution in [-0.4, -0.2) is 25.9 Å². The molecule has 0 aliphatic heterocycles. The predicted molar refractivity (Wildman–Crippen MR) is 73.0 cm³/mol. The zero-order valence-corrected chi connectivity index (χ0v) is 11.2. The van der Waals surface area contributed by atoms with Gasteiger partial charge in [0.25, 0.3) is 0 Å². The summed E-state index contributed by atoms with van der Waals surface area (Å²) in [6.45, 7) is 0.426. The lowest BCUT2D eigenvalue weighted by molar-refractivity contribution is -0.124. The Kier molecular flexibility index (Phi) is 3.71. The molecule has 0 spiro atoms. The summed E-state index contributed by atoms with van der Waals surface area (Å²) in [5.74, 6) is 0.321. The van der Waals surface area contributed by atoms with E-state index >= 15 is 0 Å². The third kappa shape index (κ3) is 2.84. The third-order valence-electron chi connectivity index (χ3n) is 3.62. The van der Waals surface area contributed by atoms with E-state index in [0.29, 0.717) is 6.54 Å². The molecular weight excluding hydrogens is 254 g/mol. The Bertz CT molecular complexity index is 574. The number of amides is 1. The molecule has 1 saturated carbocycles. The number of carbonyl (C=O) groups is 1. The van der Waals surface area contributed by atoms with Crippen LogP contribution < -0.4 is 5.32 Å². The number of hydrogen-bond donors (Lipinski definition) is 1. The van der Waals surface area contributed by atoms with Crippen LogP contribution >= 0.6 is 0 Å². The minimum absolute atomic E-state index is 0.137. The highest BCUT2D eigenvalue weighted by Gasteiger charge is 2.22. The standard InChI is InChI=1S/C14H17N5O/c20-14(11-4-1-2-5-11)16-8-12-10-19(18-17-12)13-6-3-7-15-9-13/h3,6-7,9-11H,1-2,4-5,8H2,(H,16,20). The van der Waals surface area contributed by atoms with Crippen LogP contribution in [0.1, 0.15) is 31.4 Å². The summed E-state index contributed by atoms with van der Waals surface area (Å²) in [4.78, 5) is 16.0. The van der Waals surface area contributed by atoms with Gasteiger partial charge in [0.2, 0.25) is 5.91 Å². The van der Waals surface area contributed by atoms with E-state index in [0.717, 1.165) is 37.1 Å². The lowest BCUT2D eigenvalue weighted by Gasteiger charge is -2.08. The topological polar surface area (TPSA) is 72.7 Å². The summed E-state index contributed by atoms with van der Waals surface area (Å²) in [6.07, 6.45) is 9.58. The lowest BCUT2D eigenvalue weighted by atomic mass is 10.1. The second kappa shape index (κ2) is 5.81. The van der Waals surface area contributed by atoms with E-state index in [1.54, 1.807) is 17.1 Å². The SMILES string of the molecule is O=C(NCc1cn(-c2cccnc2)nn1)C1CCCC1. The van der Waals surface area contributed by atoms with Gasteiger partial charge in [-0.05, 0) is 25.0 Å². The van der Waals surface area contributed by atoms with Gasteiger partial charge in [-0.25, -0.2) is 4.68 Å². The molecule has 1 aliphatic carbocycles. The van der Waals surface area contributed by atoms with Gasteiger partial charge in [-0.2, -0.15) is 0 Å². The normalized spacial score (nSPS) is 15.4. The van der Waals surface area contributed by atoms with Crippen molar-refractivity contribution in [2.45, 2.75) is 32.2 Å². The predicted octanol–water partition coefficient (Wildman–Crippen LogP) is 1.47. The second-order valence-electron chi connectivity index (χ2n) is 5.06. The van der Waals surface area contributed by atoms with Gasteiger partial charge in [-0.3, -0.25) is 9.78 Å². The van der Waals surface area contributed by atoms with Crippen LogP contribution in [0.25, 0.3) is 5.69 Å². The molecule has 6 nitrogen and oxygen atoms in total. The van der Waals surface area contributed by atoms with E-state index < -0.39 is 0 Å². The van der Waals surface area contributed by atoms with Gasteiger partial charge in [0.1, 0.15) is 5.69 Å². The molecule has 2 heterocycles. The van der Waals surface area contributed by atoms with Crippen molar-refractivity contribution in [1.82, 2.24) is 25.3 Å². The third-order valence-corrected chi connectivity index (χ3v) is 3.62. The van der Waals surface area contributed by atoms with Gasteiger partial charge in [0, 0.05) is 12.1 Å². The minimum Gasteiger partial charge on any atom is -0.350 e. The highest BCUT2D eigenvalue weighted by molar-refractivity contribution is 5.78. The fraction of sp³-hybridized carbons (Fsp3) is 0.429. The molecule has 1 amide bonds. The molecule has 104 valence electrons. The Morgan fingerprint density at radius 2 is 2.25 bits per heavy atom. The van der Waals surface area contributed by atoms with Crippen LogP contribution in [0.2, 0.25) is 0 Å². The molecule has 0 bridgehead atoms. The van der Waals surface area contributed by atoms with Crippen molar-refractivity contribution in [3.05, 3.63) is 36.4 Å². The van der Waals surface area contributed by atoms with Gasteiger partial charge >= 0.3 is 0 Å². The monoisotopic (exact) mass is 271 g/mol. The highest BCUT2D eigenvalue weighted by Crippen LogP contribution is 2.24. The first-order valence-corrected chi connectivity index (χ1v) is 6.92. The summed E-state index contributed by atoms with van der Waals surface area (Å²) in [6, 6.07) is 3.75. The van der Waals surface area contributed by atoms with Crippen LogP contribution in [-0.2, 0) is 11.3 Å². The van der Waals surface area contributed by atoms with Crippen LogP contribution in [0.3, 0.4) is 0 Å². The van der Waals surface area contributed by atoms with Gasteiger partial charge in [0.05, 0.1) is 24.6 Å². The fourth-order valence-electron chi connectivity index (χ4n) is 2.50. The highest BCUT2D eigenvalue weighted by atomic mass is 16.1. The largest absolute Gasteiger partial charge is 0.350 e. The number of rotatable bonds is 4. The van der Waals surface area contributed by atoms with Crippen LogP contribution in [0.15, 0.2) is 30.7 Å². The first kappa shape index (κ1) is 12.8. The summed E-state index contributed by atoms with van der Waals surface area (Å²) in [7, 11) is 0. The summed E-state index contributed by atoms with van der Waals surface area (Å²) >= 11 is 0. The van der Waals surface area contributed by atoms with E-state index in [1.165, 1.54) is 0 Å². The zero-order chi connectivity index (χ0) is 13.8. The minimum atomic E-state index is 0.137. The molecule has 0 saturated heterocycles. The van der Waals surface area contributed by atoms with Crippen molar-refractivity contribution in [2.24, 2.45) is 5.92 Å². The number of nitrogens with one attached hydrogen (secondary N) is 1. The summed E-state index contributed by atoms with van der Waals surface area (Å²) < 4.78 is 1.66. The number of pyridine rings is 1. The van der Waals surface area contributed by atoms with Crippen LogP contribution in [0.5, 0.6) is 0 Å². The number of aromatic nitrogens is 4. The van der Waals surface area contributed by atoms with Gasteiger partial charge < -0.3 is 5.32 Å². The van der Waals surface area contributed by atoms with Crippen molar-refractivity contribution in [3.8, 4) is 5.69 Å². The van der Waals surface area contributed by atoms with Gasteiger partial charge in [-0.15, -0.1) is 5.10 Å². The van der Waals surface area contributed by atoms with E-state index in [9.17, 15) is 4.79 Å². The van der Waals surface area contributed by atoms with E-state index in [-0.39, 0.29) is 11.8 Å². The summed E-state index contributed by atoms with van der Waals surface area (Å²) in [5, 5.41) is 11.0. The molecule has 2 aromatic heterocycles. The molecule has 0 atom stereocenters. The van der Waals surface area contributed by atoms with Crippen molar-refractivity contribution >= 4 is 5.91 Å². The van der Waals surface area contributed by atoms with Crippen LogP contribution in [0.4, 0.5) is 0 Å². The van der Waals surface area contributed by atoms with E-state index in [1.807, 2.05) is 18.3 Å². The first-order valence-electron chi connectivity index (χ1n) is 6.92. The maximum absolute atomic E-state index is 11.9. The molecule has 3 rings (SSSR count). The second-order valence-corrected chi connectivity index (χ2v) is 5.06. The first-order chi connectivity index (χ1) is 9.83. The number of carbonyl (C=O) groups excluding carboxylic acids is 1. The Morgan fingerprint density at radius 1 is 1.40 bits per heavy atom. The molecular formula is C14H17N5O. The maximum atomic E-state index is 11.9. The maximum Gasteiger partial charge on any atom is 0.223 e. The van der Waals surface area contributed by atoms with E-state index in [2.05, 4.69) is 20.6 Å². The van der Waals surface area contributed by atoms with Gasteiger partial charge in [-0.1, -0.05) is 18.1 Å². The van der Waals surface area contributed by atoms with Crippen molar-refractivity contribution in [1.29, 1.82) is 0 Å². The number of hydrogen-bond acceptors (Lipinski definition) is 4. The summed E-state index contributed by atoms with van der Waals surface area (Å²) in [5.41, 5.74) is 1.61. The molecule has 0 aromatic carbocycles. The Balaban J connectivity index is 1.59. The zero-order valence-electron chi connectivity index (χ0n) is 11.2. The smallest absolute Gasteiger partial charge is 0.223 e. The molecule has 1 aliphatic rings. The lowest BCUT2D eigenvalue weighted by Crippen LogP contribution is -2.28. The van der Waals surface area contributed by atoms with Crippen molar-refractivity contribution in [3.63, 3.8) is 0 Å². The Labute approximate surface area is 117 Å². The van der Waals surface area contributed by atoms with Crippen molar-refractivity contribution < 1.29 is 4.79 Å². The fourth-order valence-corrected chi connectivity index (χ4v) is 2.50. The van der Waals surface area contributed by atoms with Crippen molar-refractivity contribution in [2.75, 3.05) is 0 Å². The molecule has 20 heavy (non-hydrogen) atoms.